The summed E-state index contributed by atoms with van der Waals surface area (Å²) in [6, 6.07) is 0. The van der Waals surface area contributed by atoms with Crippen molar-refractivity contribution in [3.8, 4) is 0 Å². The van der Waals surface area contributed by atoms with Crippen LogP contribution < -0.4 is 0 Å². The molecule has 68 valence electrons. The Morgan fingerprint density at radius 2 is 1.92 bits per heavy atom. The first-order chi connectivity index (χ1) is 5.90. The van der Waals surface area contributed by atoms with Crippen molar-refractivity contribution in [2.75, 3.05) is 0 Å². The Morgan fingerprint density at radius 1 is 1.17 bits per heavy atom. The smallest absolute Gasteiger partial charge is 0.0203 e. The van der Waals surface area contributed by atoms with Gasteiger partial charge in [-0.3, -0.25) is 0 Å². The fourth-order valence-corrected chi connectivity index (χ4v) is 2.98. The van der Waals surface area contributed by atoms with Gasteiger partial charge in [-0.25, -0.2) is 0 Å². The maximum Gasteiger partial charge on any atom is -0.0203 e. The summed E-state index contributed by atoms with van der Waals surface area (Å²) in [6.07, 6.45) is 13.7. The van der Waals surface area contributed by atoms with E-state index in [1.807, 2.05) is 0 Å². The van der Waals surface area contributed by atoms with Gasteiger partial charge in [0.25, 0.3) is 0 Å². The lowest BCUT2D eigenvalue weighted by molar-refractivity contribution is 0.128. The third-order valence-electron chi connectivity index (χ3n) is 3.72. The molecule has 2 bridgehead atoms. The fourth-order valence-electron chi connectivity index (χ4n) is 2.98. The van der Waals surface area contributed by atoms with Crippen LogP contribution in [-0.4, -0.2) is 0 Å². The number of hydrogen-bond donors (Lipinski definition) is 0. The Morgan fingerprint density at radius 3 is 2.42 bits per heavy atom. The molecule has 12 heavy (non-hydrogen) atoms. The Kier molecular flexibility index (Phi) is 2.53. The molecule has 0 radical (unpaired) electrons. The molecule has 3 saturated carbocycles. The highest BCUT2D eigenvalue weighted by Gasteiger charge is 2.33. The molecule has 0 aromatic heterocycles. The van der Waals surface area contributed by atoms with Crippen LogP contribution in [0.2, 0.25) is 0 Å². The van der Waals surface area contributed by atoms with Crippen LogP contribution in [0.15, 0.2) is 12.2 Å². The summed E-state index contributed by atoms with van der Waals surface area (Å²) >= 11 is 0. The van der Waals surface area contributed by atoms with Gasteiger partial charge in [0.05, 0.1) is 0 Å². The molecule has 0 nitrogen and oxygen atoms in total. The van der Waals surface area contributed by atoms with Crippen molar-refractivity contribution in [2.45, 2.75) is 45.4 Å². The summed E-state index contributed by atoms with van der Waals surface area (Å²) in [5.41, 5.74) is 0. The van der Waals surface area contributed by atoms with E-state index in [1.165, 1.54) is 38.5 Å². The third-order valence-corrected chi connectivity index (χ3v) is 3.72. The molecule has 0 spiro atoms. The highest BCUT2D eigenvalue weighted by Crippen LogP contribution is 2.45. The van der Waals surface area contributed by atoms with Gasteiger partial charge in [-0.1, -0.05) is 31.9 Å². The van der Waals surface area contributed by atoms with Gasteiger partial charge in [-0.2, -0.15) is 0 Å². The summed E-state index contributed by atoms with van der Waals surface area (Å²) in [6.45, 7) is 2.23. The van der Waals surface area contributed by atoms with E-state index in [0.717, 1.165) is 17.8 Å². The molecule has 3 aliphatic carbocycles. The number of fused-ring (bicyclic) bond motifs is 3. The Balaban J connectivity index is 1.95. The summed E-state index contributed by atoms with van der Waals surface area (Å²) in [4.78, 5) is 0. The van der Waals surface area contributed by atoms with Crippen LogP contribution in [0, 0.1) is 17.8 Å². The Labute approximate surface area is 76.1 Å². The summed E-state index contributed by atoms with van der Waals surface area (Å²) in [5.74, 6) is 3.09. The van der Waals surface area contributed by atoms with Gasteiger partial charge in [0.2, 0.25) is 0 Å². The first-order valence-electron chi connectivity index (χ1n) is 5.56. The molecule has 0 N–H and O–H groups in total. The van der Waals surface area contributed by atoms with E-state index in [0.29, 0.717) is 0 Å². The van der Waals surface area contributed by atoms with Crippen molar-refractivity contribution < 1.29 is 0 Å². The Hall–Kier alpha value is -0.260. The van der Waals surface area contributed by atoms with E-state index >= 15 is 0 Å². The fraction of sp³-hybridized carbons (Fsp3) is 0.833. The van der Waals surface area contributed by atoms with Crippen LogP contribution in [0.5, 0.6) is 0 Å². The number of allylic oxidation sites excluding steroid dienone is 2. The second kappa shape index (κ2) is 3.64. The van der Waals surface area contributed by atoms with E-state index in [9.17, 15) is 0 Å². The van der Waals surface area contributed by atoms with Gasteiger partial charge in [0.15, 0.2) is 0 Å². The average molecular weight is 164 g/mol. The molecule has 3 fully saturated rings. The standard InChI is InChI=1S/C12H20/c1-2-3-4-12-9-10-5-7-11(12)8-6-10/h3-4,10-12H,2,5-9H2,1H3. The second-order valence-corrected chi connectivity index (χ2v) is 4.52. The maximum atomic E-state index is 2.50. The van der Waals surface area contributed by atoms with Crippen LogP contribution >= 0.6 is 0 Å². The average Bonchev–Trinajstić information content (AvgIpc) is 2.17. The molecule has 0 aromatic carbocycles. The zero-order chi connectivity index (χ0) is 8.39. The zero-order valence-corrected chi connectivity index (χ0v) is 8.13. The maximum absolute atomic E-state index is 2.50. The lowest BCUT2D eigenvalue weighted by Crippen LogP contribution is -2.29. The molecule has 1 unspecified atom stereocenters. The molecule has 3 aliphatic rings. The molecular formula is C12H20. The molecular weight excluding hydrogens is 144 g/mol. The van der Waals surface area contributed by atoms with Crippen LogP contribution in [-0.2, 0) is 0 Å². The molecule has 0 heteroatoms. The van der Waals surface area contributed by atoms with Crippen LogP contribution in [0.3, 0.4) is 0 Å². The highest BCUT2D eigenvalue weighted by atomic mass is 14.4. The molecule has 0 aromatic rings. The molecule has 0 heterocycles. The van der Waals surface area contributed by atoms with E-state index in [-0.39, 0.29) is 0 Å². The van der Waals surface area contributed by atoms with Gasteiger partial charge >= 0.3 is 0 Å². The summed E-state index contributed by atoms with van der Waals surface area (Å²) in [5, 5.41) is 0. The van der Waals surface area contributed by atoms with Crippen LogP contribution in [0.1, 0.15) is 45.4 Å². The Bertz CT molecular complexity index is 161. The van der Waals surface area contributed by atoms with Gasteiger partial charge < -0.3 is 0 Å². The normalized spacial score (nSPS) is 40.9. The van der Waals surface area contributed by atoms with Crippen molar-refractivity contribution >= 4 is 0 Å². The van der Waals surface area contributed by atoms with Gasteiger partial charge in [-0.05, 0) is 43.4 Å². The topological polar surface area (TPSA) is 0 Å². The quantitative estimate of drug-likeness (QED) is 0.545. The van der Waals surface area contributed by atoms with E-state index < -0.39 is 0 Å². The van der Waals surface area contributed by atoms with Crippen molar-refractivity contribution in [2.24, 2.45) is 17.8 Å². The third kappa shape index (κ3) is 1.57. The van der Waals surface area contributed by atoms with Crippen molar-refractivity contribution in [3.05, 3.63) is 12.2 Å². The van der Waals surface area contributed by atoms with Crippen molar-refractivity contribution in [1.29, 1.82) is 0 Å². The minimum Gasteiger partial charge on any atom is -0.0885 e. The predicted molar refractivity (Wildman–Crippen MR) is 53.0 cm³/mol. The van der Waals surface area contributed by atoms with Crippen LogP contribution in [0.25, 0.3) is 0 Å². The van der Waals surface area contributed by atoms with Gasteiger partial charge in [0.1, 0.15) is 0 Å². The van der Waals surface area contributed by atoms with Crippen molar-refractivity contribution in [3.63, 3.8) is 0 Å². The van der Waals surface area contributed by atoms with Crippen LogP contribution in [0.4, 0.5) is 0 Å². The first kappa shape index (κ1) is 8.34. The number of rotatable bonds is 2. The highest BCUT2D eigenvalue weighted by molar-refractivity contribution is 4.97. The molecule has 1 atom stereocenters. The van der Waals surface area contributed by atoms with Crippen molar-refractivity contribution in [1.82, 2.24) is 0 Å². The molecule has 0 amide bonds. The molecule has 0 aliphatic heterocycles. The molecule has 3 rings (SSSR count). The zero-order valence-electron chi connectivity index (χ0n) is 8.13. The van der Waals surface area contributed by atoms with Gasteiger partial charge in [-0.15, -0.1) is 0 Å². The predicted octanol–water partition coefficient (Wildman–Crippen LogP) is 3.78. The lowest BCUT2D eigenvalue weighted by Gasteiger charge is -2.41. The summed E-state index contributed by atoms with van der Waals surface area (Å²) in [7, 11) is 0. The monoisotopic (exact) mass is 164 g/mol. The minimum absolute atomic E-state index is 0.956. The lowest BCUT2D eigenvalue weighted by atomic mass is 9.65. The SMILES string of the molecule is CCC=CC1CC2CCC1CC2. The van der Waals surface area contributed by atoms with Gasteiger partial charge in [0, 0.05) is 0 Å². The van der Waals surface area contributed by atoms with E-state index in [4.69, 9.17) is 0 Å². The second-order valence-electron chi connectivity index (χ2n) is 4.52. The molecule has 0 saturated heterocycles. The van der Waals surface area contributed by atoms with E-state index in [1.54, 1.807) is 0 Å². The largest absolute Gasteiger partial charge is 0.0885 e. The minimum atomic E-state index is 0.956. The number of hydrogen-bond acceptors (Lipinski definition) is 0. The van der Waals surface area contributed by atoms with E-state index in [2.05, 4.69) is 19.1 Å². The first-order valence-corrected chi connectivity index (χ1v) is 5.56. The summed E-state index contributed by atoms with van der Waals surface area (Å²) < 4.78 is 0.